The summed E-state index contributed by atoms with van der Waals surface area (Å²) in [7, 11) is 0. The lowest BCUT2D eigenvalue weighted by atomic mass is 10.1. The zero-order valence-electron chi connectivity index (χ0n) is 9.29. The highest BCUT2D eigenvalue weighted by atomic mass is 16.1. The predicted octanol–water partition coefficient (Wildman–Crippen LogP) is 1.61. The fourth-order valence-electron chi connectivity index (χ4n) is 1.63. The Balaban J connectivity index is 1.87. The summed E-state index contributed by atoms with van der Waals surface area (Å²) in [5.74, 6) is 0.255. The van der Waals surface area contributed by atoms with Crippen LogP contribution >= 0.6 is 0 Å². The number of rotatable bonds is 2. The average molecular weight is 239 g/mol. The summed E-state index contributed by atoms with van der Waals surface area (Å²) in [5.41, 5.74) is 1.37. The zero-order valence-corrected chi connectivity index (χ0v) is 9.29. The van der Waals surface area contributed by atoms with Crippen LogP contribution < -0.4 is 5.32 Å². The molecule has 1 aromatic carbocycles. The lowest BCUT2D eigenvalue weighted by Crippen LogP contribution is -2.12. The van der Waals surface area contributed by atoms with Crippen molar-refractivity contribution in [1.82, 2.24) is 20.2 Å². The van der Waals surface area contributed by atoms with E-state index in [1.54, 1.807) is 30.6 Å². The van der Waals surface area contributed by atoms with E-state index in [1.165, 1.54) is 6.33 Å². The normalized spacial score (nSPS) is 10.4. The minimum atomic E-state index is -0.217. The highest BCUT2D eigenvalue weighted by molar-refractivity contribution is 6.05. The molecule has 3 aromatic rings. The largest absolute Gasteiger partial charge is 0.306 e. The van der Waals surface area contributed by atoms with Crippen LogP contribution in [0.4, 0.5) is 5.82 Å². The first kappa shape index (κ1) is 10.4. The maximum absolute atomic E-state index is 12.0. The molecular formula is C12H9N5O. The van der Waals surface area contributed by atoms with Crippen LogP contribution in [0.3, 0.4) is 0 Å². The third-order valence-corrected chi connectivity index (χ3v) is 2.53. The average Bonchev–Trinajstić information content (AvgIpc) is 2.87. The number of aromatic amines is 1. The van der Waals surface area contributed by atoms with Gasteiger partial charge in [0.05, 0.1) is 11.7 Å². The van der Waals surface area contributed by atoms with Gasteiger partial charge >= 0.3 is 0 Å². The second-order valence-electron chi connectivity index (χ2n) is 3.72. The molecule has 0 unspecified atom stereocenters. The van der Waals surface area contributed by atoms with E-state index in [4.69, 9.17) is 0 Å². The fourth-order valence-corrected chi connectivity index (χ4v) is 1.63. The summed E-state index contributed by atoms with van der Waals surface area (Å²) >= 11 is 0. The fraction of sp³-hybridized carbons (Fsp3) is 0. The van der Waals surface area contributed by atoms with Crippen molar-refractivity contribution in [3.63, 3.8) is 0 Å². The highest BCUT2D eigenvalue weighted by Gasteiger charge is 2.07. The van der Waals surface area contributed by atoms with Crippen LogP contribution in [0.5, 0.6) is 0 Å². The number of amides is 1. The van der Waals surface area contributed by atoms with Crippen LogP contribution in [0, 0.1) is 0 Å². The summed E-state index contributed by atoms with van der Waals surface area (Å²) < 4.78 is 0. The molecule has 0 aliphatic heterocycles. The Morgan fingerprint density at radius 2 is 2.22 bits per heavy atom. The molecule has 6 nitrogen and oxygen atoms in total. The Morgan fingerprint density at radius 3 is 3.06 bits per heavy atom. The number of nitrogens with one attached hydrogen (secondary N) is 2. The minimum Gasteiger partial charge on any atom is -0.306 e. The number of anilines is 1. The summed E-state index contributed by atoms with van der Waals surface area (Å²) in [5, 5.41) is 10.4. The molecule has 2 heterocycles. The lowest BCUT2D eigenvalue weighted by Gasteiger charge is -2.03. The molecule has 0 spiro atoms. The Morgan fingerprint density at radius 1 is 1.28 bits per heavy atom. The highest BCUT2D eigenvalue weighted by Crippen LogP contribution is 2.13. The number of carbonyl (C=O) groups excluding carboxylic acids is 1. The number of benzene rings is 1. The smallest absolute Gasteiger partial charge is 0.256 e. The standard InChI is InChI=1S/C12H9N5O/c18-12(16-11-3-4-13-7-14-11)8-1-2-9-6-15-17-10(9)5-8/h1-7H,(H,15,17)(H,13,14,16,18). The molecule has 6 heteroatoms. The molecule has 88 valence electrons. The van der Waals surface area contributed by atoms with E-state index in [-0.39, 0.29) is 5.91 Å². The van der Waals surface area contributed by atoms with Gasteiger partial charge in [-0.2, -0.15) is 5.10 Å². The van der Waals surface area contributed by atoms with Gasteiger partial charge in [-0.15, -0.1) is 0 Å². The molecule has 0 radical (unpaired) electrons. The van der Waals surface area contributed by atoms with E-state index < -0.39 is 0 Å². The van der Waals surface area contributed by atoms with Gasteiger partial charge in [0.2, 0.25) is 0 Å². The Bertz CT molecular complexity index is 692. The van der Waals surface area contributed by atoms with Crippen molar-refractivity contribution < 1.29 is 4.79 Å². The molecule has 0 atom stereocenters. The quantitative estimate of drug-likeness (QED) is 0.711. The Hall–Kier alpha value is -2.76. The topological polar surface area (TPSA) is 83.6 Å². The molecule has 0 aliphatic carbocycles. The van der Waals surface area contributed by atoms with Gasteiger partial charge < -0.3 is 5.32 Å². The van der Waals surface area contributed by atoms with Gasteiger partial charge in [-0.05, 0) is 18.2 Å². The number of aromatic nitrogens is 4. The molecule has 18 heavy (non-hydrogen) atoms. The van der Waals surface area contributed by atoms with Crippen LogP contribution in [0.25, 0.3) is 10.9 Å². The van der Waals surface area contributed by atoms with Crippen molar-refractivity contribution in [2.24, 2.45) is 0 Å². The number of hydrogen-bond donors (Lipinski definition) is 2. The first-order valence-corrected chi connectivity index (χ1v) is 5.33. The van der Waals surface area contributed by atoms with Crippen molar-refractivity contribution in [3.8, 4) is 0 Å². The van der Waals surface area contributed by atoms with Crippen LogP contribution in [0.2, 0.25) is 0 Å². The molecule has 0 fully saturated rings. The molecule has 3 rings (SSSR count). The third-order valence-electron chi connectivity index (χ3n) is 2.53. The number of hydrogen-bond acceptors (Lipinski definition) is 4. The molecule has 1 amide bonds. The second kappa shape index (κ2) is 4.25. The van der Waals surface area contributed by atoms with E-state index >= 15 is 0 Å². The van der Waals surface area contributed by atoms with Crippen molar-refractivity contribution in [1.29, 1.82) is 0 Å². The van der Waals surface area contributed by atoms with Crippen LogP contribution in [0.1, 0.15) is 10.4 Å². The molecule has 2 aromatic heterocycles. The van der Waals surface area contributed by atoms with Crippen LogP contribution in [-0.2, 0) is 0 Å². The van der Waals surface area contributed by atoms with Crippen molar-refractivity contribution in [2.45, 2.75) is 0 Å². The maximum Gasteiger partial charge on any atom is 0.256 e. The monoisotopic (exact) mass is 239 g/mol. The van der Waals surface area contributed by atoms with Gasteiger partial charge in [-0.25, -0.2) is 9.97 Å². The molecule has 0 saturated carbocycles. The number of H-pyrrole nitrogens is 1. The summed E-state index contributed by atoms with van der Waals surface area (Å²) in [4.78, 5) is 19.7. The number of carbonyl (C=O) groups is 1. The second-order valence-corrected chi connectivity index (χ2v) is 3.72. The first-order chi connectivity index (χ1) is 8.83. The van der Waals surface area contributed by atoms with E-state index in [1.807, 2.05) is 6.07 Å². The molecule has 0 saturated heterocycles. The number of fused-ring (bicyclic) bond motifs is 1. The summed E-state index contributed by atoms with van der Waals surface area (Å²) in [6, 6.07) is 6.97. The zero-order chi connectivity index (χ0) is 12.4. The van der Waals surface area contributed by atoms with Crippen molar-refractivity contribution >= 4 is 22.6 Å². The molecule has 0 bridgehead atoms. The van der Waals surface area contributed by atoms with Gasteiger partial charge in [-0.1, -0.05) is 6.07 Å². The van der Waals surface area contributed by atoms with Crippen molar-refractivity contribution in [2.75, 3.05) is 5.32 Å². The minimum absolute atomic E-state index is 0.217. The predicted molar refractivity (Wildman–Crippen MR) is 66.1 cm³/mol. The molecular weight excluding hydrogens is 230 g/mol. The third kappa shape index (κ3) is 1.91. The van der Waals surface area contributed by atoms with Crippen LogP contribution in [-0.4, -0.2) is 26.1 Å². The van der Waals surface area contributed by atoms with E-state index in [0.29, 0.717) is 11.4 Å². The van der Waals surface area contributed by atoms with E-state index in [9.17, 15) is 4.79 Å². The van der Waals surface area contributed by atoms with Crippen molar-refractivity contribution in [3.05, 3.63) is 48.5 Å². The van der Waals surface area contributed by atoms with Gasteiger partial charge in [0.15, 0.2) is 0 Å². The van der Waals surface area contributed by atoms with E-state index in [0.717, 1.165) is 10.9 Å². The molecule has 2 N–H and O–H groups in total. The SMILES string of the molecule is O=C(Nc1ccncn1)c1ccc2cn[nH]c2c1. The number of nitrogens with zero attached hydrogens (tertiary/aromatic N) is 3. The van der Waals surface area contributed by atoms with Gasteiger partial charge in [-0.3, -0.25) is 9.89 Å². The molecule has 0 aliphatic rings. The Kier molecular flexibility index (Phi) is 2.45. The summed E-state index contributed by atoms with van der Waals surface area (Å²) in [6.07, 6.45) is 4.66. The summed E-state index contributed by atoms with van der Waals surface area (Å²) in [6.45, 7) is 0. The van der Waals surface area contributed by atoms with E-state index in [2.05, 4.69) is 25.5 Å². The van der Waals surface area contributed by atoms with Crippen LogP contribution in [0.15, 0.2) is 43.0 Å². The van der Waals surface area contributed by atoms with Gasteiger partial charge in [0.1, 0.15) is 12.1 Å². The maximum atomic E-state index is 12.0. The van der Waals surface area contributed by atoms with Gasteiger partial charge in [0, 0.05) is 17.1 Å². The Labute approximate surface area is 102 Å². The van der Waals surface area contributed by atoms with Gasteiger partial charge in [0.25, 0.3) is 5.91 Å². The lowest BCUT2D eigenvalue weighted by molar-refractivity contribution is 0.102. The first-order valence-electron chi connectivity index (χ1n) is 5.33.